The van der Waals surface area contributed by atoms with Gasteiger partial charge in [0.1, 0.15) is 5.82 Å². The Morgan fingerprint density at radius 3 is 2.65 bits per heavy atom. The molecule has 2 aromatic carbocycles. The smallest absolute Gasteiger partial charge is 0.137 e. The molecule has 3 heteroatoms. The number of fused-ring (bicyclic) bond motifs is 1. The molecule has 0 bridgehead atoms. The first-order valence-electron chi connectivity index (χ1n) is 6.90. The average Bonchev–Trinajstić information content (AvgIpc) is 2.88. The first-order chi connectivity index (χ1) is 9.63. The lowest BCUT2D eigenvalue weighted by Gasteiger charge is -2.09. The lowest BCUT2D eigenvalue weighted by Crippen LogP contribution is -1.93. The molecular formula is C17H17FOS. The summed E-state index contributed by atoms with van der Waals surface area (Å²) in [6.07, 6.45) is 2.88. The predicted molar refractivity (Wildman–Crippen MR) is 79.6 cm³/mol. The van der Waals surface area contributed by atoms with E-state index in [-0.39, 0.29) is 5.82 Å². The molecule has 2 aromatic rings. The molecule has 1 N–H and O–H groups in total. The third-order valence-corrected chi connectivity index (χ3v) is 4.78. The maximum atomic E-state index is 14.0. The van der Waals surface area contributed by atoms with Gasteiger partial charge < -0.3 is 5.11 Å². The van der Waals surface area contributed by atoms with Crippen molar-refractivity contribution in [2.75, 3.05) is 0 Å². The molecule has 0 spiro atoms. The summed E-state index contributed by atoms with van der Waals surface area (Å²) in [5.74, 6) is -0.270. The van der Waals surface area contributed by atoms with Gasteiger partial charge in [0.25, 0.3) is 0 Å². The zero-order valence-corrected chi connectivity index (χ0v) is 12.2. The minimum absolute atomic E-state index is 0.270. The Labute approximate surface area is 122 Å². The van der Waals surface area contributed by atoms with E-state index in [4.69, 9.17) is 0 Å². The zero-order chi connectivity index (χ0) is 14.1. The van der Waals surface area contributed by atoms with Crippen molar-refractivity contribution >= 4 is 11.8 Å². The van der Waals surface area contributed by atoms with E-state index in [1.165, 1.54) is 35.4 Å². The molecule has 104 valence electrons. The van der Waals surface area contributed by atoms with Gasteiger partial charge >= 0.3 is 0 Å². The van der Waals surface area contributed by atoms with Crippen molar-refractivity contribution in [1.29, 1.82) is 0 Å². The first kappa shape index (κ1) is 13.7. The predicted octanol–water partition coefficient (Wildman–Crippen LogP) is 4.52. The highest BCUT2D eigenvalue weighted by atomic mass is 32.2. The SMILES string of the molecule is CC(O)c1ccc(Sc2ccc3c(c2)CCC3)c(F)c1. The lowest BCUT2D eigenvalue weighted by molar-refractivity contribution is 0.198. The average molecular weight is 288 g/mol. The highest BCUT2D eigenvalue weighted by Gasteiger charge is 2.13. The van der Waals surface area contributed by atoms with Crippen LogP contribution in [0.1, 0.15) is 36.1 Å². The van der Waals surface area contributed by atoms with Gasteiger partial charge in [-0.05, 0) is 67.1 Å². The monoisotopic (exact) mass is 288 g/mol. The molecule has 0 aromatic heterocycles. The Hall–Kier alpha value is -1.32. The Kier molecular flexibility index (Phi) is 3.81. The summed E-state index contributed by atoms with van der Waals surface area (Å²) in [5, 5.41) is 9.46. The van der Waals surface area contributed by atoms with Crippen LogP contribution in [0.2, 0.25) is 0 Å². The fraction of sp³-hybridized carbons (Fsp3) is 0.294. The molecule has 0 amide bonds. The summed E-state index contributed by atoms with van der Waals surface area (Å²) in [6.45, 7) is 1.64. The van der Waals surface area contributed by atoms with Crippen LogP contribution in [0.5, 0.6) is 0 Å². The first-order valence-corrected chi connectivity index (χ1v) is 7.72. The third-order valence-electron chi connectivity index (χ3n) is 3.74. The molecule has 1 aliphatic rings. The largest absolute Gasteiger partial charge is 0.389 e. The van der Waals surface area contributed by atoms with Crippen LogP contribution in [0, 0.1) is 5.82 Å². The third kappa shape index (κ3) is 2.74. The second-order valence-electron chi connectivity index (χ2n) is 5.25. The van der Waals surface area contributed by atoms with Gasteiger partial charge in [-0.1, -0.05) is 23.9 Å². The Bertz CT molecular complexity index is 637. The minimum atomic E-state index is -0.636. The van der Waals surface area contributed by atoms with Gasteiger partial charge in [-0.2, -0.15) is 0 Å². The molecule has 20 heavy (non-hydrogen) atoms. The highest BCUT2D eigenvalue weighted by Crippen LogP contribution is 2.34. The van der Waals surface area contributed by atoms with Crippen LogP contribution in [0.15, 0.2) is 46.2 Å². The number of halogens is 1. The quantitative estimate of drug-likeness (QED) is 0.896. The van der Waals surface area contributed by atoms with E-state index in [0.29, 0.717) is 10.5 Å². The van der Waals surface area contributed by atoms with E-state index in [2.05, 4.69) is 18.2 Å². The van der Waals surface area contributed by atoms with Crippen molar-refractivity contribution in [2.45, 2.75) is 42.1 Å². The maximum absolute atomic E-state index is 14.0. The number of aryl methyl sites for hydroxylation is 2. The van der Waals surface area contributed by atoms with E-state index in [9.17, 15) is 9.50 Å². The van der Waals surface area contributed by atoms with Crippen molar-refractivity contribution in [2.24, 2.45) is 0 Å². The number of aliphatic hydroxyl groups is 1. The summed E-state index contributed by atoms with van der Waals surface area (Å²) >= 11 is 1.44. The van der Waals surface area contributed by atoms with Crippen LogP contribution in [-0.2, 0) is 12.8 Å². The van der Waals surface area contributed by atoms with E-state index < -0.39 is 6.10 Å². The van der Waals surface area contributed by atoms with Gasteiger partial charge in [-0.25, -0.2) is 4.39 Å². The summed E-state index contributed by atoms with van der Waals surface area (Å²) in [7, 11) is 0. The van der Waals surface area contributed by atoms with E-state index >= 15 is 0 Å². The fourth-order valence-corrected chi connectivity index (χ4v) is 3.48. The molecule has 1 unspecified atom stereocenters. The van der Waals surface area contributed by atoms with E-state index in [1.54, 1.807) is 19.1 Å². The van der Waals surface area contributed by atoms with Gasteiger partial charge in [0.15, 0.2) is 0 Å². The lowest BCUT2D eigenvalue weighted by atomic mass is 10.1. The number of rotatable bonds is 3. The molecule has 0 aliphatic heterocycles. The highest BCUT2D eigenvalue weighted by molar-refractivity contribution is 7.99. The molecule has 0 heterocycles. The van der Waals surface area contributed by atoms with Crippen LogP contribution < -0.4 is 0 Å². The Balaban J connectivity index is 1.84. The van der Waals surface area contributed by atoms with Gasteiger partial charge in [0.2, 0.25) is 0 Å². The fourth-order valence-electron chi connectivity index (χ4n) is 2.60. The van der Waals surface area contributed by atoms with Crippen LogP contribution in [0.25, 0.3) is 0 Å². The number of hydrogen-bond acceptors (Lipinski definition) is 2. The molecule has 1 aliphatic carbocycles. The zero-order valence-electron chi connectivity index (χ0n) is 11.4. The summed E-state index contributed by atoms with van der Waals surface area (Å²) in [5.41, 5.74) is 3.44. The molecular weight excluding hydrogens is 271 g/mol. The van der Waals surface area contributed by atoms with Crippen molar-refractivity contribution in [3.8, 4) is 0 Å². The molecule has 0 radical (unpaired) electrons. The number of aliphatic hydroxyl groups excluding tert-OH is 1. The number of hydrogen-bond donors (Lipinski definition) is 1. The van der Waals surface area contributed by atoms with Crippen LogP contribution >= 0.6 is 11.8 Å². The molecule has 0 saturated carbocycles. The Morgan fingerprint density at radius 1 is 1.10 bits per heavy atom. The van der Waals surface area contributed by atoms with Gasteiger partial charge in [-0.15, -0.1) is 0 Å². The molecule has 1 nitrogen and oxygen atoms in total. The van der Waals surface area contributed by atoms with Crippen molar-refractivity contribution in [3.05, 3.63) is 58.9 Å². The standard InChI is InChI=1S/C17H17FOS/c1-11(19)13-6-8-17(16(18)10-13)20-15-7-5-12-3-2-4-14(12)9-15/h5-11,19H,2-4H2,1H3. The van der Waals surface area contributed by atoms with Crippen molar-refractivity contribution in [1.82, 2.24) is 0 Å². The normalized spacial score (nSPS) is 15.2. The second kappa shape index (κ2) is 5.58. The maximum Gasteiger partial charge on any atom is 0.137 e. The van der Waals surface area contributed by atoms with Gasteiger partial charge in [0.05, 0.1) is 6.10 Å². The van der Waals surface area contributed by atoms with Crippen LogP contribution in [-0.4, -0.2) is 5.11 Å². The summed E-state index contributed by atoms with van der Waals surface area (Å²) in [6, 6.07) is 11.3. The van der Waals surface area contributed by atoms with Gasteiger partial charge in [-0.3, -0.25) is 0 Å². The number of benzene rings is 2. The summed E-state index contributed by atoms with van der Waals surface area (Å²) in [4.78, 5) is 1.68. The molecule has 0 fully saturated rings. The topological polar surface area (TPSA) is 20.2 Å². The van der Waals surface area contributed by atoms with Crippen molar-refractivity contribution in [3.63, 3.8) is 0 Å². The van der Waals surface area contributed by atoms with Crippen molar-refractivity contribution < 1.29 is 9.50 Å². The second-order valence-corrected chi connectivity index (χ2v) is 6.37. The van der Waals surface area contributed by atoms with Crippen LogP contribution in [0.4, 0.5) is 4.39 Å². The van der Waals surface area contributed by atoms with Gasteiger partial charge in [0, 0.05) is 9.79 Å². The molecule has 0 saturated heterocycles. The van der Waals surface area contributed by atoms with E-state index in [1.807, 2.05) is 0 Å². The summed E-state index contributed by atoms with van der Waals surface area (Å²) < 4.78 is 14.0. The minimum Gasteiger partial charge on any atom is -0.389 e. The molecule has 1 atom stereocenters. The van der Waals surface area contributed by atoms with Crippen LogP contribution in [0.3, 0.4) is 0 Å². The Morgan fingerprint density at radius 2 is 1.90 bits per heavy atom. The molecule has 3 rings (SSSR count). The van der Waals surface area contributed by atoms with E-state index in [0.717, 1.165) is 17.7 Å².